The van der Waals surface area contributed by atoms with Crippen LogP contribution in [0.3, 0.4) is 0 Å². The summed E-state index contributed by atoms with van der Waals surface area (Å²) in [5.41, 5.74) is 0.0992. The molecule has 2 atom stereocenters. The van der Waals surface area contributed by atoms with E-state index in [-0.39, 0.29) is 0 Å². The third-order valence-electron chi connectivity index (χ3n) is 4.71. The first-order valence-electron chi connectivity index (χ1n) is 9.37. The number of Topliss-reactive ketones (excluding diaryl/α,β-unsaturated/α-hetero) is 1. The molecule has 0 spiro atoms. The Morgan fingerprint density at radius 1 is 1.00 bits per heavy atom. The standard InChI is InChI=1S/C22H19ClN2O6S/c1-31-17-13-11-15(12-14-17)21(20(23)22(26)16-7-3-2-4-8-16)24-32(29,30)19-10-6-5-9-18(19)25(27)28/h2-14,20-21,24H,1H3/t20-,21-/m1/s1. The summed E-state index contributed by atoms with van der Waals surface area (Å²) in [6.45, 7) is 0. The Labute approximate surface area is 190 Å². The van der Waals surface area contributed by atoms with Gasteiger partial charge in [0.25, 0.3) is 5.69 Å². The molecular formula is C22H19ClN2O6S. The number of halogens is 1. The number of sulfonamides is 1. The highest BCUT2D eigenvalue weighted by Crippen LogP contribution is 2.30. The molecule has 0 radical (unpaired) electrons. The molecule has 8 nitrogen and oxygen atoms in total. The molecule has 0 aliphatic heterocycles. The molecule has 0 amide bonds. The van der Waals surface area contributed by atoms with E-state index < -0.39 is 42.7 Å². The molecule has 0 unspecified atom stereocenters. The number of carbonyl (C=O) groups excluding carboxylic acids is 1. The van der Waals surface area contributed by atoms with Gasteiger partial charge in [0.2, 0.25) is 10.0 Å². The van der Waals surface area contributed by atoms with Crippen molar-refractivity contribution < 1.29 is 22.9 Å². The quantitative estimate of drug-likeness (QED) is 0.216. The highest BCUT2D eigenvalue weighted by atomic mass is 35.5. The van der Waals surface area contributed by atoms with Crippen LogP contribution in [-0.4, -0.2) is 31.6 Å². The molecule has 1 N–H and O–H groups in total. The van der Waals surface area contributed by atoms with Crippen LogP contribution in [0.1, 0.15) is 22.0 Å². The molecule has 166 valence electrons. The van der Waals surface area contributed by atoms with E-state index in [1.807, 2.05) is 0 Å². The molecule has 3 aromatic rings. The van der Waals surface area contributed by atoms with Gasteiger partial charge in [-0.3, -0.25) is 14.9 Å². The number of ketones is 1. The second-order valence-electron chi connectivity index (χ2n) is 6.73. The molecule has 0 bridgehead atoms. The van der Waals surface area contributed by atoms with E-state index in [2.05, 4.69) is 4.72 Å². The number of carbonyl (C=O) groups is 1. The van der Waals surface area contributed by atoms with E-state index in [1.165, 1.54) is 19.2 Å². The van der Waals surface area contributed by atoms with Gasteiger partial charge in [-0.15, -0.1) is 11.6 Å². The zero-order valence-electron chi connectivity index (χ0n) is 16.8. The number of rotatable bonds is 9. The maximum atomic E-state index is 13.1. The van der Waals surface area contributed by atoms with Gasteiger partial charge in [-0.1, -0.05) is 54.6 Å². The van der Waals surface area contributed by atoms with Crippen molar-refractivity contribution >= 4 is 33.1 Å². The van der Waals surface area contributed by atoms with Crippen LogP contribution in [0.2, 0.25) is 0 Å². The lowest BCUT2D eigenvalue weighted by Gasteiger charge is -2.23. The summed E-state index contributed by atoms with van der Waals surface area (Å²) < 4.78 is 33.7. The molecule has 0 fully saturated rings. The number of ether oxygens (including phenoxy) is 1. The molecule has 0 aliphatic carbocycles. The lowest BCUT2D eigenvalue weighted by molar-refractivity contribution is -0.387. The molecule has 3 aromatic carbocycles. The first-order chi connectivity index (χ1) is 15.2. The SMILES string of the molecule is COc1ccc([C@@H](NS(=O)(=O)c2ccccc2[N+](=O)[O-])[C@@H](Cl)C(=O)c2ccccc2)cc1. The van der Waals surface area contributed by atoms with Gasteiger partial charge in [-0.05, 0) is 23.8 Å². The highest BCUT2D eigenvalue weighted by Gasteiger charge is 2.35. The normalized spacial score (nSPS) is 13.2. The molecule has 0 aromatic heterocycles. The van der Waals surface area contributed by atoms with Crippen LogP contribution in [0.4, 0.5) is 5.69 Å². The summed E-state index contributed by atoms with van der Waals surface area (Å²) in [6.07, 6.45) is 0. The second kappa shape index (κ2) is 9.90. The van der Waals surface area contributed by atoms with E-state index in [4.69, 9.17) is 16.3 Å². The lowest BCUT2D eigenvalue weighted by Crippen LogP contribution is -2.38. The van der Waals surface area contributed by atoms with Crippen LogP contribution in [0.15, 0.2) is 83.8 Å². The van der Waals surface area contributed by atoms with E-state index in [0.29, 0.717) is 16.9 Å². The molecule has 0 heterocycles. The number of benzene rings is 3. The van der Waals surface area contributed by atoms with Gasteiger partial charge < -0.3 is 4.74 Å². The predicted molar refractivity (Wildman–Crippen MR) is 120 cm³/mol. The third-order valence-corrected chi connectivity index (χ3v) is 6.65. The average Bonchev–Trinajstić information content (AvgIpc) is 2.82. The number of nitro benzene ring substituents is 1. The van der Waals surface area contributed by atoms with Gasteiger partial charge >= 0.3 is 0 Å². The Kier molecular flexibility index (Phi) is 7.24. The number of nitrogens with one attached hydrogen (secondary N) is 1. The predicted octanol–water partition coefficient (Wildman–Crippen LogP) is 4.11. The minimum absolute atomic E-state index is 0.302. The van der Waals surface area contributed by atoms with Crippen LogP contribution in [0.5, 0.6) is 5.75 Å². The Morgan fingerprint density at radius 2 is 1.59 bits per heavy atom. The van der Waals surface area contributed by atoms with Crippen molar-refractivity contribution in [3.63, 3.8) is 0 Å². The van der Waals surface area contributed by atoms with Crippen LogP contribution in [-0.2, 0) is 10.0 Å². The minimum atomic E-state index is -4.42. The summed E-state index contributed by atoms with van der Waals surface area (Å²) in [6, 6.07) is 18.3. The van der Waals surface area contributed by atoms with Gasteiger partial charge in [0.15, 0.2) is 10.7 Å². The Hall–Kier alpha value is -3.27. The Balaban J connectivity index is 2.04. The molecule has 3 rings (SSSR count). The zero-order valence-corrected chi connectivity index (χ0v) is 18.4. The number of nitrogens with zero attached hydrogens (tertiary/aromatic N) is 1. The van der Waals surface area contributed by atoms with E-state index in [9.17, 15) is 23.3 Å². The number of methoxy groups -OCH3 is 1. The van der Waals surface area contributed by atoms with Crippen molar-refractivity contribution in [3.8, 4) is 5.75 Å². The maximum Gasteiger partial charge on any atom is 0.289 e. The fourth-order valence-electron chi connectivity index (χ4n) is 3.09. The lowest BCUT2D eigenvalue weighted by atomic mass is 9.98. The average molecular weight is 475 g/mol. The van der Waals surface area contributed by atoms with Crippen molar-refractivity contribution in [2.24, 2.45) is 0 Å². The van der Waals surface area contributed by atoms with Crippen molar-refractivity contribution in [3.05, 3.63) is 100 Å². The van der Waals surface area contributed by atoms with Crippen LogP contribution in [0.25, 0.3) is 0 Å². The summed E-state index contributed by atoms with van der Waals surface area (Å²) in [5.74, 6) is 0.0212. The highest BCUT2D eigenvalue weighted by molar-refractivity contribution is 7.89. The van der Waals surface area contributed by atoms with Crippen LogP contribution in [0, 0.1) is 10.1 Å². The summed E-state index contributed by atoms with van der Waals surface area (Å²) >= 11 is 6.49. The van der Waals surface area contributed by atoms with Gasteiger partial charge in [0.05, 0.1) is 18.1 Å². The van der Waals surface area contributed by atoms with Gasteiger partial charge in [-0.25, -0.2) is 13.1 Å². The fraction of sp³-hybridized carbons (Fsp3) is 0.136. The number of nitro groups is 1. The number of alkyl halides is 1. The van der Waals surface area contributed by atoms with E-state index in [1.54, 1.807) is 54.6 Å². The molecule has 10 heteroatoms. The molecule has 32 heavy (non-hydrogen) atoms. The second-order valence-corrected chi connectivity index (χ2v) is 8.88. The van der Waals surface area contributed by atoms with Crippen molar-refractivity contribution in [2.45, 2.75) is 16.3 Å². The smallest absolute Gasteiger partial charge is 0.289 e. The Bertz CT molecular complexity index is 1220. The third kappa shape index (κ3) is 5.13. The van der Waals surface area contributed by atoms with Crippen molar-refractivity contribution in [1.29, 1.82) is 0 Å². The molecule has 0 saturated carbocycles. The topological polar surface area (TPSA) is 116 Å². The Morgan fingerprint density at radius 3 is 2.19 bits per heavy atom. The van der Waals surface area contributed by atoms with Crippen molar-refractivity contribution in [1.82, 2.24) is 4.72 Å². The zero-order chi connectivity index (χ0) is 23.3. The number of hydrogen-bond donors (Lipinski definition) is 1. The van der Waals surface area contributed by atoms with Gasteiger partial charge in [0.1, 0.15) is 11.1 Å². The monoisotopic (exact) mass is 474 g/mol. The van der Waals surface area contributed by atoms with Gasteiger partial charge in [-0.2, -0.15) is 0 Å². The van der Waals surface area contributed by atoms with E-state index in [0.717, 1.165) is 12.1 Å². The largest absolute Gasteiger partial charge is 0.497 e. The van der Waals surface area contributed by atoms with Gasteiger partial charge in [0, 0.05) is 11.6 Å². The maximum absolute atomic E-state index is 13.1. The number of para-hydroxylation sites is 1. The fourth-order valence-corrected chi connectivity index (χ4v) is 4.91. The summed E-state index contributed by atoms with van der Waals surface area (Å²) in [7, 11) is -2.94. The first kappa shape index (κ1) is 23.4. The van der Waals surface area contributed by atoms with E-state index >= 15 is 0 Å². The minimum Gasteiger partial charge on any atom is -0.497 e. The number of hydrogen-bond acceptors (Lipinski definition) is 6. The molecule has 0 aliphatic rings. The first-order valence-corrected chi connectivity index (χ1v) is 11.3. The van der Waals surface area contributed by atoms with Crippen molar-refractivity contribution in [2.75, 3.05) is 7.11 Å². The van der Waals surface area contributed by atoms with Crippen LogP contribution >= 0.6 is 11.6 Å². The summed E-state index contributed by atoms with van der Waals surface area (Å²) in [5, 5.41) is 10.0. The molecule has 0 saturated heterocycles. The molecular weight excluding hydrogens is 456 g/mol. The van der Waals surface area contributed by atoms with Crippen LogP contribution < -0.4 is 9.46 Å². The summed E-state index contributed by atoms with van der Waals surface area (Å²) in [4.78, 5) is 23.0.